The summed E-state index contributed by atoms with van der Waals surface area (Å²) in [5, 5.41) is 3.19. The fraction of sp³-hybridized carbons (Fsp3) is 0.714. The number of alkyl halides is 3. The van der Waals surface area contributed by atoms with Gasteiger partial charge in [-0.15, -0.1) is 11.3 Å². The monoisotopic (exact) mass is 291 g/mol. The normalized spacial score (nSPS) is 17.3. The topological polar surface area (TPSA) is 12.0 Å². The molecule has 1 N–H and O–H groups in total. The molecule has 1 aliphatic rings. The van der Waals surface area contributed by atoms with Gasteiger partial charge < -0.3 is 5.32 Å². The first kappa shape index (κ1) is 14.9. The Morgan fingerprint density at radius 1 is 1.32 bits per heavy atom. The highest BCUT2D eigenvalue weighted by molar-refractivity contribution is 7.12. The van der Waals surface area contributed by atoms with E-state index in [-0.39, 0.29) is 12.5 Å². The van der Waals surface area contributed by atoms with Crippen molar-refractivity contribution in [2.24, 2.45) is 0 Å². The molecule has 1 nitrogen and oxygen atoms in total. The third kappa shape index (κ3) is 4.49. The van der Waals surface area contributed by atoms with E-state index in [2.05, 4.69) is 11.4 Å². The maximum Gasteiger partial charge on any atom is 0.389 e. The van der Waals surface area contributed by atoms with Crippen LogP contribution in [0.2, 0.25) is 0 Å². The van der Waals surface area contributed by atoms with E-state index < -0.39 is 12.6 Å². The predicted octanol–water partition coefficient (Wildman–Crippen LogP) is 4.62. The number of hydrogen-bond donors (Lipinski definition) is 1. The number of nitrogens with one attached hydrogen (secondary N) is 1. The number of halogens is 3. The van der Waals surface area contributed by atoms with Crippen LogP contribution in [0.15, 0.2) is 6.07 Å². The Morgan fingerprint density at radius 3 is 2.74 bits per heavy atom. The minimum atomic E-state index is -4.03. The molecule has 0 bridgehead atoms. The molecule has 5 heteroatoms. The van der Waals surface area contributed by atoms with Crippen LogP contribution in [0.4, 0.5) is 13.2 Å². The van der Waals surface area contributed by atoms with Gasteiger partial charge in [0.05, 0.1) is 0 Å². The Balaban J connectivity index is 1.80. The molecule has 1 heterocycles. The minimum Gasteiger partial charge on any atom is -0.309 e. The molecule has 0 aliphatic heterocycles. The molecule has 0 spiro atoms. The molecule has 19 heavy (non-hydrogen) atoms. The van der Waals surface area contributed by atoms with Gasteiger partial charge >= 0.3 is 6.18 Å². The molecule has 1 unspecified atom stereocenters. The molecular formula is C14H20F3NS. The van der Waals surface area contributed by atoms with Crippen molar-refractivity contribution in [2.75, 3.05) is 6.54 Å². The van der Waals surface area contributed by atoms with Crippen molar-refractivity contribution < 1.29 is 13.2 Å². The van der Waals surface area contributed by atoms with Gasteiger partial charge in [-0.05, 0) is 57.2 Å². The first-order valence-electron chi connectivity index (χ1n) is 6.87. The molecule has 1 aliphatic carbocycles. The summed E-state index contributed by atoms with van der Waals surface area (Å²) in [5.41, 5.74) is 1.45. The van der Waals surface area contributed by atoms with Crippen LogP contribution in [-0.2, 0) is 12.8 Å². The number of hydrogen-bond acceptors (Lipinski definition) is 2. The summed E-state index contributed by atoms with van der Waals surface area (Å²) in [6, 6.07) is 2.39. The summed E-state index contributed by atoms with van der Waals surface area (Å²) >= 11 is 1.82. The molecule has 0 aromatic carbocycles. The van der Waals surface area contributed by atoms with Gasteiger partial charge in [0.2, 0.25) is 0 Å². The highest BCUT2D eigenvalue weighted by Gasteiger charge is 2.26. The zero-order valence-corrected chi connectivity index (χ0v) is 12.0. The Kier molecular flexibility index (Phi) is 4.90. The molecule has 1 atom stereocenters. The van der Waals surface area contributed by atoms with E-state index in [9.17, 15) is 13.2 Å². The summed E-state index contributed by atoms with van der Waals surface area (Å²) in [6.07, 6.45) is 0.268. The van der Waals surface area contributed by atoms with Gasteiger partial charge in [0.1, 0.15) is 0 Å². The Hall–Kier alpha value is -0.550. The largest absolute Gasteiger partial charge is 0.389 e. The van der Waals surface area contributed by atoms with Crippen LogP contribution in [0, 0.1) is 0 Å². The first-order valence-corrected chi connectivity index (χ1v) is 7.69. The highest BCUT2D eigenvalue weighted by atomic mass is 32.1. The number of rotatable bonds is 5. The van der Waals surface area contributed by atoms with Gasteiger partial charge in [0.15, 0.2) is 0 Å². The molecule has 108 valence electrons. The number of aryl methyl sites for hydroxylation is 2. The Labute approximate surface area is 116 Å². The quantitative estimate of drug-likeness (QED) is 0.781. The van der Waals surface area contributed by atoms with Crippen LogP contribution in [0.3, 0.4) is 0 Å². The summed E-state index contributed by atoms with van der Waals surface area (Å²) in [5.74, 6) is 0. The lowest BCUT2D eigenvalue weighted by atomic mass is 9.99. The standard InChI is InChI=1S/C14H20F3NS/c1-10(18-8-4-7-14(15,16)17)13-9-11-5-2-3-6-12(11)19-13/h9-10,18H,2-8H2,1H3. The van der Waals surface area contributed by atoms with Crippen LogP contribution in [0.1, 0.15) is 54.0 Å². The Bertz CT molecular complexity index is 388. The second-order valence-corrected chi connectivity index (χ2v) is 6.37. The van der Waals surface area contributed by atoms with Crippen molar-refractivity contribution in [3.05, 3.63) is 21.4 Å². The average Bonchev–Trinajstić information content (AvgIpc) is 2.77. The smallest absolute Gasteiger partial charge is 0.309 e. The fourth-order valence-corrected chi connectivity index (χ4v) is 3.72. The maximum absolute atomic E-state index is 12.0. The summed E-state index contributed by atoms with van der Waals surface area (Å²) in [6.45, 7) is 2.45. The first-order chi connectivity index (χ1) is 8.96. The van der Waals surface area contributed by atoms with Crippen LogP contribution in [0.5, 0.6) is 0 Å². The SMILES string of the molecule is CC(NCCCC(F)(F)F)c1cc2c(s1)CCCC2. The van der Waals surface area contributed by atoms with E-state index in [0.29, 0.717) is 6.54 Å². The molecular weight excluding hydrogens is 271 g/mol. The summed E-state index contributed by atoms with van der Waals surface area (Å²) in [4.78, 5) is 2.74. The highest BCUT2D eigenvalue weighted by Crippen LogP contribution is 2.32. The lowest BCUT2D eigenvalue weighted by Crippen LogP contribution is -2.21. The molecule has 1 aromatic rings. The maximum atomic E-state index is 12.0. The fourth-order valence-electron chi connectivity index (χ4n) is 2.44. The molecule has 0 saturated carbocycles. The second-order valence-electron chi connectivity index (χ2n) is 5.20. The van der Waals surface area contributed by atoms with E-state index in [0.717, 1.165) is 6.42 Å². The molecule has 1 aromatic heterocycles. The summed E-state index contributed by atoms with van der Waals surface area (Å²) in [7, 11) is 0. The van der Waals surface area contributed by atoms with Crippen molar-refractivity contribution >= 4 is 11.3 Å². The molecule has 0 fully saturated rings. The van der Waals surface area contributed by atoms with Gasteiger partial charge in [0, 0.05) is 22.2 Å². The van der Waals surface area contributed by atoms with Crippen molar-refractivity contribution in [2.45, 2.75) is 57.7 Å². The molecule has 0 amide bonds. The van der Waals surface area contributed by atoms with E-state index in [4.69, 9.17) is 0 Å². The van der Waals surface area contributed by atoms with E-state index in [1.807, 2.05) is 18.3 Å². The average molecular weight is 291 g/mol. The van der Waals surface area contributed by atoms with Crippen molar-refractivity contribution in [1.82, 2.24) is 5.32 Å². The van der Waals surface area contributed by atoms with Crippen molar-refractivity contribution in [1.29, 1.82) is 0 Å². The molecule has 0 radical (unpaired) electrons. The number of thiophene rings is 1. The van der Waals surface area contributed by atoms with Gasteiger partial charge in [-0.3, -0.25) is 0 Å². The second kappa shape index (κ2) is 6.27. The molecule has 2 rings (SSSR count). The minimum absolute atomic E-state index is 0.152. The van der Waals surface area contributed by atoms with Crippen LogP contribution >= 0.6 is 11.3 Å². The number of fused-ring (bicyclic) bond motifs is 1. The van der Waals surface area contributed by atoms with Gasteiger partial charge in [-0.1, -0.05) is 0 Å². The van der Waals surface area contributed by atoms with Crippen molar-refractivity contribution in [3.8, 4) is 0 Å². The van der Waals surface area contributed by atoms with Crippen LogP contribution < -0.4 is 5.32 Å². The van der Waals surface area contributed by atoms with E-state index >= 15 is 0 Å². The third-order valence-electron chi connectivity index (χ3n) is 3.53. The van der Waals surface area contributed by atoms with Gasteiger partial charge in [-0.25, -0.2) is 0 Å². The zero-order valence-electron chi connectivity index (χ0n) is 11.1. The van der Waals surface area contributed by atoms with Gasteiger partial charge in [-0.2, -0.15) is 13.2 Å². The van der Waals surface area contributed by atoms with Gasteiger partial charge in [0.25, 0.3) is 0 Å². The molecule has 0 saturated heterocycles. The summed E-state index contributed by atoms with van der Waals surface area (Å²) < 4.78 is 36.1. The van der Waals surface area contributed by atoms with E-state index in [1.165, 1.54) is 34.6 Å². The van der Waals surface area contributed by atoms with Crippen molar-refractivity contribution in [3.63, 3.8) is 0 Å². The lowest BCUT2D eigenvalue weighted by molar-refractivity contribution is -0.135. The van der Waals surface area contributed by atoms with Crippen LogP contribution in [-0.4, -0.2) is 12.7 Å². The lowest BCUT2D eigenvalue weighted by Gasteiger charge is -2.12. The van der Waals surface area contributed by atoms with E-state index in [1.54, 1.807) is 0 Å². The Morgan fingerprint density at radius 2 is 2.05 bits per heavy atom. The third-order valence-corrected chi connectivity index (χ3v) is 4.95. The van der Waals surface area contributed by atoms with Crippen LogP contribution in [0.25, 0.3) is 0 Å². The zero-order chi connectivity index (χ0) is 13.9. The predicted molar refractivity (Wildman–Crippen MR) is 72.7 cm³/mol.